The Morgan fingerprint density at radius 1 is 1.33 bits per heavy atom. The van der Waals surface area contributed by atoms with E-state index >= 15 is 0 Å². The number of nitrogens with one attached hydrogen (secondary N) is 1. The van der Waals surface area contributed by atoms with Crippen LogP contribution in [-0.2, 0) is 11.2 Å². The summed E-state index contributed by atoms with van der Waals surface area (Å²) in [6, 6.07) is 3.36. The zero-order valence-corrected chi connectivity index (χ0v) is 14.3. The molecule has 2 aromatic rings. The van der Waals surface area contributed by atoms with E-state index < -0.39 is 41.1 Å². The first-order valence-corrected chi connectivity index (χ1v) is 8.25. The second-order valence-electron chi connectivity index (χ2n) is 5.98. The molecule has 1 unspecified atom stereocenters. The minimum atomic E-state index is -1.23. The number of aryl methyl sites for hydroxylation is 1. The molecule has 0 saturated carbocycles. The van der Waals surface area contributed by atoms with Gasteiger partial charge < -0.3 is 19.7 Å². The van der Waals surface area contributed by atoms with Gasteiger partial charge in [0.05, 0.1) is 0 Å². The van der Waals surface area contributed by atoms with E-state index in [1.807, 2.05) is 0 Å². The van der Waals surface area contributed by atoms with Crippen LogP contribution >= 0.6 is 0 Å². The predicted octanol–water partition coefficient (Wildman–Crippen LogP) is 2.35. The number of carboxylic acids is 1. The van der Waals surface area contributed by atoms with Crippen LogP contribution in [0.25, 0.3) is 0 Å². The van der Waals surface area contributed by atoms with Crippen LogP contribution in [0.5, 0.6) is 0 Å². The molecule has 1 atom stereocenters. The molecule has 1 aromatic heterocycles. The molecule has 1 aromatic carbocycles. The van der Waals surface area contributed by atoms with Crippen molar-refractivity contribution in [1.29, 1.82) is 0 Å². The van der Waals surface area contributed by atoms with Crippen LogP contribution in [0.15, 0.2) is 28.7 Å². The third-order valence-corrected chi connectivity index (χ3v) is 4.30. The van der Waals surface area contributed by atoms with Gasteiger partial charge in [0.15, 0.2) is 5.76 Å². The van der Waals surface area contributed by atoms with Crippen molar-refractivity contribution in [3.8, 4) is 0 Å². The highest BCUT2D eigenvalue weighted by Gasteiger charge is 2.37. The lowest BCUT2D eigenvalue weighted by molar-refractivity contribution is -0.118. The Labute approximate surface area is 152 Å². The fraction of sp³-hybridized carbons (Fsp3) is 0.278. The van der Waals surface area contributed by atoms with Crippen LogP contribution in [0.2, 0.25) is 0 Å². The molecule has 1 aliphatic heterocycles. The molecule has 0 radical (unpaired) electrons. The maximum atomic E-state index is 13.9. The second kappa shape index (κ2) is 7.18. The summed E-state index contributed by atoms with van der Waals surface area (Å²) in [5, 5.41) is 11.5. The summed E-state index contributed by atoms with van der Waals surface area (Å²) in [7, 11) is 0. The molecule has 9 heteroatoms. The number of rotatable bonds is 5. The van der Waals surface area contributed by atoms with Crippen LogP contribution < -0.4 is 10.2 Å². The standard InChI is InChI=1S/C18H16F2N2O5/c1-2-13-9(18(25)26)8-14(27-13)16(23)21-12-6-7-22(17(12)24)15-10(19)4-3-5-11(15)20/h3-5,8,12H,2,6-7H2,1H3,(H,21,23)(H,25,26). The molecule has 1 saturated heterocycles. The molecule has 2 heterocycles. The summed E-state index contributed by atoms with van der Waals surface area (Å²) in [6.45, 7) is 1.70. The van der Waals surface area contributed by atoms with Crippen molar-refractivity contribution in [3.63, 3.8) is 0 Å². The lowest BCUT2D eigenvalue weighted by Gasteiger charge is -2.18. The molecule has 142 valence electrons. The molecule has 0 spiro atoms. The Balaban J connectivity index is 1.77. The molecule has 2 amide bonds. The maximum absolute atomic E-state index is 13.9. The Kier molecular flexibility index (Phi) is 4.93. The van der Waals surface area contributed by atoms with Crippen LogP contribution in [-0.4, -0.2) is 35.5 Å². The Bertz CT molecular complexity index is 904. The quantitative estimate of drug-likeness (QED) is 0.832. The first-order chi connectivity index (χ1) is 12.8. The smallest absolute Gasteiger partial charge is 0.339 e. The molecular weight excluding hydrogens is 362 g/mol. The summed E-state index contributed by atoms with van der Waals surface area (Å²) in [6.07, 6.45) is 0.420. The second-order valence-corrected chi connectivity index (χ2v) is 5.98. The third kappa shape index (κ3) is 3.40. The highest BCUT2D eigenvalue weighted by atomic mass is 19.1. The number of aromatic carboxylic acids is 1. The molecule has 1 aliphatic rings. The number of furan rings is 1. The van der Waals surface area contributed by atoms with Crippen molar-refractivity contribution in [2.75, 3.05) is 11.4 Å². The van der Waals surface area contributed by atoms with Gasteiger partial charge in [0.1, 0.15) is 34.7 Å². The molecule has 1 fully saturated rings. The maximum Gasteiger partial charge on any atom is 0.339 e. The number of benzene rings is 1. The van der Waals surface area contributed by atoms with Gasteiger partial charge in [-0.05, 0) is 18.6 Å². The van der Waals surface area contributed by atoms with Crippen LogP contribution in [0.3, 0.4) is 0 Å². The fourth-order valence-electron chi connectivity index (χ4n) is 3.00. The number of anilines is 1. The molecule has 0 aliphatic carbocycles. The average molecular weight is 378 g/mol. The van der Waals surface area contributed by atoms with E-state index in [1.165, 1.54) is 6.07 Å². The summed E-state index contributed by atoms with van der Waals surface area (Å²) in [4.78, 5) is 36.9. The highest BCUT2D eigenvalue weighted by molar-refractivity contribution is 6.04. The fourth-order valence-corrected chi connectivity index (χ4v) is 3.00. The zero-order valence-electron chi connectivity index (χ0n) is 14.3. The van der Waals surface area contributed by atoms with Crippen LogP contribution in [0, 0.1) is 11.6 Å². The minimum Gasteiger partial charge on any atom is -0.478 e. The lowest BCUT2D eigenvalue weighted by Crippen LogP contribution is -2.41. The summed E-state index contributed by atoms with van der Waals surface area (Å²) >= 11 is 0. The number of amides is 2. The number of nitrogens with zero attached hydrogens (tertiary/aromatic N) is 1. The molecular formula is C18H16F2N2O5. The normalized spacial score (nSPS) is 16.6. The topological polar surface area (TPSA) is 99.9 Å². The van der Waals surface area contributed by atoms with Crippen LogP contribution in [0.1, 0.15) is 40.0 Å². The molecule has 2 N–H and O–H groups in total. The van der Waals surface area contributed by atoms with Gasteiger partial charge in [0.2, 0.25) is 5.91 Å². The van der Waals surface area contributed by atoms with Gasteiger partial charge in [0, 0.05) is 19.0 Å². The van der Waals surface area contributed by atoms with Crippen molar-refractivity contribution in [2.45, 2.75) is 25.8 Å². The van der Waals surface area contributed by atoms with Gasteiger partial charge in [-0.25, -0.2) is 13.6 Å². The molecule has 0 bridgehead atoms. The van der Waals surface area contributed by atoms with Gasteiger partial charge in [-0.2, -0.15) is 0 Å². The Morgan fingerprint density at radius 2 is 2.00 bits per heavy atom. The number of carboxylic acid groups (broad SMARTS) is 1. The molecule has 27 heavy (non-hydrogen) atoms. The van der Waals surface area contributed by atoms with Crippen molar-refractivity contribution in [1.82, 2.24) is 5.32 Å². The summed E-state index contributed by atoms with van der Waals surface area (Å²) in [5.74, 6) is -4.51. The van der Waals surface area contributed by atoms with Gasteiger partial charge in [-0.3, -0.25) is 9.59 Å². The van der Waals surface area contributed by atoms with E-state index in [4.69, 9.17) is 9.52 Å². The molecule has 7 nitrogen and oxygen atoms in total. The number of carbonyl (C=O) groups excluding carboxylic acids is 2. The van der Waals surface area contributed by atoms with Crippen molar-refractivity contribution in [2.24, 2.45) is 0 Å². The predicted molar refractivity (Wildman–Crippen MR) is 89.6 cm³/mol. The summed E-state index contributed by atoms with van der Waals surface area (Å²) in [5.41, 5.74) is -0.589. The SMILES string of the molecule is CCc1oc(C(=O)NC2CCN(c3c(F)cccc3F)C2=O)cc1C(=O)O. The van der Waals surface area contributed by atoms with Crippen molar-refractivity contribution >= 4 is 23.5 Å². The average Bonchev–Trinajstić information content (AvgIpc) is 3.20. The number of para-hydroxylation sites is 1. The Morgan fingerprint density at radius 3 is 2.56 bits per heavy atom. The van der Waals surface area contributed by atoms with E-state index in [2.05, 4.69) is 5.32 Å². The van der Waals surface area contributed by atoms with Gasteiger partial charge in [-0.1, -0.05) is 13.0 Å². The number of halogens is 2. The van der Waals surface area contributed by atoms with E-state index in [9.17, 15) is 23.2 Å². The number of hydrogen-bond acceptors (Lipinski definition) is 4. The monoisotopic (exact) mass is 378 g/mol. The summed E-state index contributed by atoms with van der Waals surface area (Å²) < 4.78 is 33.0. The first-order valence-electron chi connectivity index (χ1n) is 8.25. The van der Waals surface area contributed by atoms with Gasteiger partial charge in [0.25, 0.3) is 5.91 Å². The van der Waals surface area contributed by atoms with Gasteiger partial charge in [-0.15, -0.1) is 0 Å². The minimum absolute atomic E-state index is 0.0281. The van der Waals surface area contributed by atoms with Crippen molar-refractivity contribution in [3.05, 3.63) is 53.0 Å². The van der Waals surface area contributed by atoms with E-state index in [1.54, 1.807) is 6.92 Å². The van der Waals surface area contributed by atoms with Crippen LogP contribution in [0.4, 0.5) is 14.5 Å². The van der Waals surface area contributed by atoms with E-state index in [0.717, 1.165) is 23.1 Å². The molecule has 3 rings (SSSR count). The third-order valence-electron chi connectivity index (χ3n) is 4.30. The van der Waals surface area contributed by atoms with E-state index in [0.29, 0.717) is 0 Å². The van der Waals surface area contributed by atoms with Gasteiger partial charge >= 0.3 is 5.97 Å². The van der Waals surface area contributed by atoms with Crippen molar-refractivity contribution < 1.29 is 32.7 Å². The number of hydrogen-bond donors (Lipinski definition) is 2. The largest absolute Gasteiger partial charge is 0.478 e. The lowest BCUT2D eigenvalue weighted by atomic mass is 10.2. The Hall–Kier alpha value is -3.23. The number of carbonyl (C=O) groups is 3. The highest BCUT2D eigenvalue weighted by Crippen LogP contribution is 2.28. The van der Waals surface area contributed by atoms with E-state index in [-0.39, 0.29) is 36.5 Å². The zero-order chi connectivity index (χ0) is 19.7. The first kappa shape index (κ1) is 18.6.